The predicted molar refractivity (Wildman–Crippen MR) is 87.1 cm³/mol. The van der Waals surface area contributed by atoms with Gasteiger partial charge in [0.1, 0.15) is 0 Å². The summed E-state index contributed by atoms with van der Waals surface area (Å²) in [5.41, 5.74) is 11.6. The molecule has 2 heterocycles. The van der Waals surface area contributed by atoms with E-state index in [0.717, 1.165) is 52.1 Å². The van der Waals surface area contributed by atoms with Crippen LogP contribution in [-0.2, 0) is 26.3 Å². The largest absolute Gasteiger partial charge is 0.324 e. The smallest absolute Gasteiger partial charge is 0.0766 e. The molecule has 0 bridgehead atoms. The van der Waals surface area contributed by atoms with Gasteiger partial charge in [-0.15, -0.1) is 0 Å². The second kappa shape index (κ2) is 6.66. The quantitative estimate of drug-likeness (QED) is 0.898. The molecular formula is C15H22BrN5. The first-order chi connectivity index (χ1) is 9.97. The molecule has 0 spiro atoms. The summed E-state index contributed by atoms with van der Waals surface area (Å²) in [6, 6.07) is 1.94. The zero-order chi connectivity index (χ0) is 15.6. The van der Waals surface area contributed by atoms with E-state index < -0.39 is 0 Å². The molecule has 0 amide bonds. The molecule has 2 aromatic heterocycles. The zero-order valence-electron chi connectivity index (χ0n) is 13.0. The molecule has 0 aliphatic carbocycles. The Labute approximate surface area is 134 Å². The maximum absolute atomic E-state index is 6.43. The van der Waals surface area contributed by atoms with Crippen LogP contribution in [0.2, 0.25) is 0 Å². The van der Waals surface area contributed by atoms with Crippen LogP contribution in [0.3, 0.4) is 0 Å². The monoisotopic (exact) mass is 351 g/mol. The number of halogens is 1. The minimum Gasteiger partial charge on any atom is -0.324 e. The lowest BCUT2D eigenvalue weighted by atomic mass is 9.99. The van der Waals surface area contributed by atoms with Crippen molar-refractivity contribution in [3.63, 3.8) is 0 Å². The molecule has 0 aromatic carbocycles. The number of nitrogens with two attached hydrogens (primary N) is 1. The first-order valence-corrected chi connectivity index (χ1v) is 8.06. The van der Waals surface area contributed by atoms with Gasteiger partial charge in [0.2, 0.25) is 0 Å². The maximum Gasteiger partial charge on any atom is 0.0766 e. The van der Waals surface area contributed by atoms with Crippen molar-refractivity contribution < 1.29 is 0 Å². The Morgan fingerprint density at radius 1 is 1.24 bits per heavy atom. The Morgan fingerprint density at radius 3 is 2.48 bits per heavy atom. The highest BCUT2D eigenvalue weighted by Gasteiger charge is 2.19. The fourth-order valence-electron chi connectivity index (χ4n) is 2.49. The molecule has 0 aliphatic heterocycles. The molecule has 0 saturated heterocycles. The Morgan fingerprint density at radius 2 is 1.90 bits per heavy atom. The van der Waals surface area contributed by atoms with Crippen LogP contribution in [0.5, 0.6) is 0 Å². The topological polar surface area (TPSA) is 69.6 Å². The Bertz CT molecular complexity index is 635. The molecule has 0 radical (unpaired) electrons. The van der Waals surface area contributed by atoms with Crippen LogP contribution in [-0.4, -0.2) is 20.0 Å². The number of nitrogens with zero attached hydrogens (tertiary/aromatic N) is 4. The molecule has 2 aromatic rings. The van der Waals surface area contributed by atoms with Gasteiger partial charge < -0.3 is 5.73 Å². The van der Waals surface area contributed by atoms with Crippen molar-refractivity contribution in [3.8, 4) is 0 Å². The first-order valence-electron chi connectivity index (χ1n) is 7.26. The normalized spacial score (nSPS) is 12.7. The molecule has 0 saturated carbocycles. The van der Waals surface area contributed by atoms with E-state index in [9.17, 15) is 0 Å². The second-order valence-electron chi connectivity index (χ2n) is 5.24. The number of aromatic nitrogens is 4. The van der Waals surface area contributed by atoms with E-state index in [-0.39, 0.29) is 6.04 Å². The van der Waals surface area contributed by atoms with Crippen LogP contribution in [0.15, 0.2) is 10.5 Å². The van der Waals surface area contributed by atoms with Crippen molar-refractivity contribution in [2.45, 2.75) is 46.1 Å². The van der Waals surface area contributed by atoms with Crippen molar-refractivity contribution in [2.75, 3.05) is 0 Å². The lowest BCUT2D eigenvalue weighted by Crippen LogP contribution is -2.18. The summed E-state index contributed by atoms with van der Waals surface area (Å²) >= 11 is 3.65. The minimum absolute atomic E-state index is 0.106. The molecule has 5 nitrogen and oxygen atoms in total. The van der Waals surface area contributed by atoms with Gasteiger partial charge in [-0.05, 0) is 47.3 Å². The van der Waals surface area contributed by atoms with Gasteiger partial charge in [-0.1, -0.05) is 13.8 Å². The summed E-state index contributed by atoms with van der Waals surface area (Å²) < 4.78 is 2.98. The molecule has 114 valence electrons. The molecule has 21 heavy (non-hydrogen) atoms. The lowest BCUT2D eigenvalue weighted by molar-refractivity contribution is 0.626. The number of rotatable bonds is 5. The third-order valence-electron chi connectivity index (χ3n) is 3.68. The van der Waals surface area contributed by atoms with Crippen LogP contribution in [0.4, 0.5) is 0 Å². The average Bonchev–Trinajstić information content (AvgIpc) is 2.74. The second-order valence-corrected chi connectivity index (χ2v) is 6.03. The summed E-state index contributed by atoms with van der Waals surface area (Å²) in [5, 5.41) is 12.9. The van der Waals surface area contributed by atoms with Crippen molar-refractivity contribution >= 4 is 15.9 Å². The zero-order valence-corrected chi connectivity index (χ0v) is 14.6. The third-order valence-corrected chi connectivity index (χ3v) is 4.59. The molecule has 0 aliphatic rings. The van der Waals surface area contributed by atoms with E-state index in [1.165, 1.54) is 0 Å². The van der Waals surface area contributed by atoms with Crippen LogP contribution < -0.4 is 5.73 Å². The van der Waals surface area contributed by atoms with E-state index in [0.29, 0.717) is 0 Å². The van der Waals surface area contributed by atoms with Gasteiger partial charge in [0, 0.05) is 19.5 Å². The minimum atomic E-state index is -0.106. The molecule has 1 unspecified atom stereocenters. The Hall–Kier alpha value is -1.27. The maximum atomic E-state index is 6.43. The van der Waals surface area contributed by atoms with Gasteiger partial charge in [-0.2, -0.15) is 15.3 Å². The van der Waals surface area contributed by atoms with E-state index >= 15 is 0 Å². The van der Waals surface area contributed by atoms with E-state index in [2.05, 4.69) is 45.1 Å². The lowest BCUT2D eigenvalue weighted by Gasteiger charge is -2.15. The summed E-state index contributed by atoms with van der Waals surface area (Å²) in [5.74, 6) is 0. The summed E-state index contributed by atoms with van der Waals surface area (Å²) in [7, 11) is 1.96. The molecule has 2 N–H and O–H groups in total. The van der Waals surface area contributed by atoms with Crippen molar-refractivity contribution in [1.82, 2.24) is 20.0 Å². The van der Waals surface area contributed by atoms with Gasteiger partial charge in [-0.3, -0.25) is 4.68 Å². The van der Waals surface area contributed by atoms with Crippen LogP contribution in [0.1, 0.15) is 48.2 Å². The van der Waals surface area contributed by atoms with Gasteiger partial charge in [-0.25, -0.2) is 0 Å². The van der Waals surface area contributed by atoms with E-state index in [1.807, 2.05) is 24.7 Å². The summed E-state index contributed by atoms with van der Waals surface area (Å²) in [6.07, 6.45) is 2.46. The molecule has 1 atom stereocenters. The fraction of sp³-hybridized carbons (Fsp3) is 0.533. The summed E-state index contributed by atoms with van der Waals surface area (Å²) in [4.78, 5) is 0. The highest BCUT2D eigenvalue weighted by Crippen LogP contribution is 2.26. The predicted octanol–water partition coefficient (Wildman–Crippen LogP) is 2.65. The van der Waals surface area contributed by atoms with E-state index in [4.69, 9.17) is 5.73 Å². The standard InChI is InChI=1S/C15H22BrN5/c1-5-12-10(7-9(3)18-19-12)11(17)8-14-15(16)13(6-2)20-21(14)4/h7,11H,5-6,8,17H2,1-4H3. The van der Waals surface area contributed by atoms with Crippen molar-refractivity contribution in [3.05, 3.63) is 38.9 Å². The average molecular weight is 352 g/mol. The fourth-order valence-corrected chi connectivity index (χ4v) is 3.27. The van der Waals surface area contributed by atoms with E-state index in [1.54, 1.807) is 0 Å². The van der Waals surface area contributed by atoms with Gasteiger partial charge in [0.15, 0.2) is 0 Å². The Balaban J connectivity index is 2.32. The number of aryl methyl sites for hydroxylation is 4. The number of hydrogen-bond donors (Lipinski definition) is 1. The number of hydrogen-bond acceptors (Lipinski definition) is 4. The first kappa shape index (κ1) is 16.1. The Kier molecular flexibility index (Phi) is 5.11. The third kappa shape index (κ3) is 3.32. The van der Waals surface area contributed by atoms with Crippen LogP contribution >= 0.6 is 15.9 Å². The van der Waals surface area contributed by atoms with Gasteiger partial charge in [0.05, 0.1) is 27.2 Å². The van der Waals surface area contributed by atoms with Crippen molar-refractivity contribution in [2.24, 2.45) is 12.8 Å². The molecular weight excluding hydrogens is 330 g/mol. The molecule has 2 rings (SSSR count). The molecule has 6 heteroatoms. The highest BCUT2D eigenvalue weighted by molar-refractivity contribution is 9.10. The SMILES string of the molecule is CCc1nnc(C)cc1C(N)Cc1c(Br)c(CC)nn1C. The highest BCUT2D eigenvalue weighted by atomic mass is 79.9. The van der Waals surface area contributed by atoms with Gasteiger partial charge in [0.25, 0.3) is 0 Å². The molecule has 0 fully saturated rings. The van der Waals surface area contributed by atoms with Crippen molar-refractivity contribution in [1.29, 1.82) is 0 Å². The van der Waals surface area contributed by atoms with Crippen LogP contribution in [0.25, 0.3) is 0 Å². The van der Waals surface area contributed by atoms with Crippen LogP contribution in [0, 0.1) is 6.92 Å². The van der Waals surface area contributed by atoms with Gasteiger partial charge >= 0.3 is 0 Å². The summed E-state index contributed by atoms with van der Waals surface area (Å²) in [6.45, 7) is 6.12.